The van der Waals surface area contributed by atoms with E-state index < -0.39 is 31.0 Å². The highest BCUT2D eigenvalue weighted by molar-refractivity contribution is 7.96. The van der Waals surface area contributed by atoms with Crippen molar-refractivity contribution < 1.29 is 26.3 Å². The van der Waals surface area contributed by atoms with Crippen LogP contribution < -0.4 is 10.1 Å². The fraction of sp³-hybridized carbons (Fsp3) is 0.625. The Kier molecular flexibility index (Phi) is 6.13. The van der Waals surface area contributed by atoms with Gasteiger partial charge in [-0.05, 0) is 37.1 Å². The Balaban J connectivity index is 2.41. The fourth-order valence-electron chi connectivity index (χ4n) is 3.11. The van der Waals surface area contributed by atoms with E-state index in [-0.39, 0.29) is 16.4 Å². The van der Waals surface area contributed by atoms with Crippen LogP contribution in [-0.4, -0.2) is 67.0 Å². The molecule has 25 heavy (non-hydrogen) atoms. The van der Waals surface area contributed by atoms with E-state index in [2.05, 4.69) is 5.32 Å². The van der Waals surface area contributed by atoms with Crippen LogP contribution in [0.1, 0.15) is 11.1 Å². The van der Waals surface area contributed by atoms with Gasteiger partial charge in [-0.25, -0.2) is 16.8 Å². The first kappa shape index (κ1) is 20.2. The number of benzene rings is 1. The Bertz CT molecular complexity index is 832. The largest absolute Gasteiger partial charge is 0.496 e. The molecule has 1 aromatic rings. The van der Waals surface area contributed by atoms with E-state index in [0.717, 1.165) is 0 Å². The van der Waals surface area contributed by atoms with Crippen LogP contribution in [0.2, 0.25) is 0 Å². The molecule has 9 heteroatoms. The van der Waals surface area contributed by atoms with Crippen molar-refractivity contribution in [3.63, 3.8) is 0 Å². The number of sulfone groups is 2. The van der Waals surface area contributed by atoms with E-state index in [1.54, 1.807) is 26.0 Å². The molecule has 0 amide bonds. The number of ether oxygens (including phenoxy) is 2. The molecule has 1 aliphatic rings. The highest BCUT2D eigenvalue weighted by atomic mass is 32.2. The van der Waals surface area contributed by atoms with Gasteiger partial charge in [0, 0.05) is 19.7 Å². The first-order chi connectivity index (χ1) is 11.6. The number of hydrogen-bond donors (Lipinski definition) is 1. The highest BCUT2D eigenvalue weighted by Gasteiger charge is 2.46. The molecule has 0 aliphatic carbocycles. The summed E-state index contributed by atoms with van der Waals surface area (Å²) in [6.45, 7) is 4.22. The molecule has 1 fully saturated rings. The van der Waals surface area contributed by atoms with Crippen LogP contribution in [0.5, 0.6) is 5.75 Å². The molecule has 142 valence electrons. The predicted octanol–water partition coefficient (Wildman–Crippen LogP) is 0.487. The van der Waals surface area contributed by atoms with Crippen LogP contribution in [0, 0.1) is 13.8 Å². The first-order valence-electron chi connectivity index (χ1n) is 7.94. The van der Waals surface area contributed by atoms with Gasteiger partial charge in [-0.2, -0.15) is 0 Å². The lowest BCUT2D eigenvalue weighted by molar-refractivity contribution is 0.196. The van der Waals surface area contributed by atoms with E-state index >= 15 is 0 Å². The second-order valence-electron chi connectivity index (χ2n) is 6.30. The van der Waals surface area contributed by atoms with Crippen molar-refractivity contribution in [1.29, 1.82) is 0 Å². The zero-order chi connectivity index (χ0) is 18.8. The van der Waals surface area contributed by atoms with Crippen LogP contribution >= 0.6 is 0 Å². The zero-order valence-corrected chi connectivity index (χ0v) is 16.5. The second-order valence-corrected chi connectivity index (χ2v) is 10.6. The van der Waals surface area contributed by atoms with Crippen LogP contribution in [0.15, 0.2) is 17.0 Å². The summed E-state index contributed by atoms with van der Waals surface area (Å²) >= 11 is 0. The van der Waals surface area contributed by atoms with Crippen LogP contribution in [0.25, 0.3) is 0 Å². The van der Waals surface area contributed by atoms with Crippen molar-refractivity contribution in [2.75, 3.05) is 38.9 Å². The molecule has 1 N–H and O–H groups in total. The molecule has 0 bridgehead atoms. The topological polar surface area (TPSA) is 98.8 Å². The van der Waals surface area contributed by atoms with E-state index in [1.165, 1.54) is 14.2 Å². The summed E-state index contributed by atoms with van der Waals surface area (Å²) in [6.07, 6.45) is 0. The third-order valence-electron chi connectivity index (χ3n) is 4.41. The normalized spacial score (nSPS) is 22.9. The van der Waals surface area contributed by atoms with Gasteiger partial charge < -0.3 is 14.8 Å². The molecule has 7 nitrogen and oxygen atoms in total. The molecule has 1 saturated heterocycles. The number of methoxy groups -OCH3 is 2. The lowest BCUT2D eigenvalue weighted by Gasteiger charge is -2.21. The van der Waals surface area contributed by atoms with Crippen molar-refractivity contribution in [3.05, 3.63) is 23.3 Å². The SMILES string of the molecule is COCCN[C@H]1CS(=O)(=O)C[C@@H]1S(=O)(=O)c1cc(C)c(OC)cc1C. The van der Waals surface area contributed by atoms with Crippen LogP contribution in [0.4, 0.5) is 0 Å². The molecule has 0 aromatic heterocycles. The predicted molar refractivity (Wildman–Crippen MR) is 95.8 cm³/mol. The summed E-state index contributed by atoms with van der Waals surface area (Å²) in [4.78, 5) is 0.159. The molecule has 0 spiro atoms. The van der Waals surface area contributed by atoms with E-state index in [0.29, 0.717) is 30.0 Å². The van der Waals surface area contributed by atoms with Gasteiger partial charge >= 0.3 is 0 Å². The Hall–Kier alpha value is -1.16. The van der Waals surface area contributed by atoms with Crippen molar-refractivity contribution >= 4 is 19.7 Å². The number of rotatable bonds is 7. The number of hydrogen-bond acceptors (Lipinski definition) is 7. The third-order valence-corrected chi connectivity index (χ3v) is 8.70. The van der Waals surface area contributed by atoms with Crippen LogP contribution in [-0.2, 0) is 24.4 Å². The maximum Gasteiger partial charge on any atom is 0.184 e. The third kappa shape index (κ3) is 4.33. The molecule has 1 aliphatic heterocycles. The minimum atomic E-state index is -3.81. The Morgan fingerprint density at radius 2 is 1.84 bits per heavy atom. The summed E-state index contributed by atoms with van der Waals surface area (Å²) < 4.78 is 60.6. The molecule has 1 aromatic carbocycles. The van der Waals surface area contributed by atoms with Crippen molar-refractivity contribution in [3.8, 4) is 5.75 Å². The van der Waals surface area contributed by atoms with Gasteiger partial charge in [0.1, 0.15) is 5.75 Å². The van der Waals surface area contributed by atoms with Crippen LogP contribution in [0.3, 0.4) is 0 Å². The number of nitrogens with one attached hydrogen (secondary N) is 1. The molecular weight excluding hydrogens is 366 g/mol. The molecule has 0 radical (unpaired) electrons. The Morgan fingerprint density at radius 3 is 2.44 bits per heavy atom. The monoisotopic (exact) mass is 391 g/mol. The summed E-state index contributed by atoms with van der Waals surface area (Å²) in [7, 11) is -4.17. The van der Waals surface area contributed by atoms with Gasteiger partial charge in [0.2, 0.25) is 0 Å². The number of aryl methyl sites for hydroxylation is 2. The average Bonchev–Trinajstić information content (AvgIpc) is 2.85. The van der Waals surface area contributed by atoms with Gasteiger partial charge in [-0.15, -0.1) is 0 Å². The Labute approximate surface area is 149 Å². The van der Waals surface area contributed by atoms with Gasteiger partial charge in [0.05, 0.1) is 35.4 Å². The molecule has 0 saturated carbocycles. The maximum absolute atomic E-state index is 13.2. The van der Waals surface area contributed by atoms with E-state index in [9.17, 15) is 16.8 Å². The quantitative estimate of drug-likeness (QED) is 0.675. The fourth-order valence-corrected chi connectivity index (χ4v) is 8.14. The molecule has 0 unspecified atom stereocenters. The molecule has 2 rings (SSSR count). The zero-order valence-electron chi connectivity index (χ0n) is 14.9. The van der Waals surface area contributed by atoms with Crippen molar-refractivity contribution in [1.82, 2.24) is 5.32 Å². The lowest BCUT2D eigenvalue weighted by atomic mass is 10.1. The highest BCUT2D eigenvalue weighted by Crippen LogP contribution is 2.31. The van der Waals surface area contributed by atoms with Gasteiger partial charge in [0.25, 0.3) is 0 Å². The second kappa shape index (κ2) is 7.61. The molecule has 2 atom stereocenters. The Morgan fingerprint density at radius 1 is 1.16 bits per heavy atom. The summed E-state index contributed by atoms with van der Waals surface area (Å²) in [5.74, 6) is 0.0458. The van der Waals surface area contributed by atoms with Gasteiger partial charge in [0.15, 0.2) is 19.7 Å². The van der Waals surface area contributed by atoms with Gasteiger partial charge in [-0.1, -0.05) is 0 Å². The minimum Gasteiger partial charge on any atom is -0.496 e. The molecular formula is C16H25NO6S2. The van der Waals surface area contributed by atoms with Gasteiger partial charge in [-0.3, -0.25) is 0 Å². The standard InChI is InChI=1S/C16H25NO6S2/c1-11-8-15(12(2)7-14(11)23-4)25(20,21)16-10-24(18,19)9-13(16)17-5-6-22-3/h7-8,13,16-17H,5-6,9-10H2,1-4H3/t13-,16-/m0/s1. The first-order valence-corrected chi connectivity index (χ1v) is 11.3. The van der Waals surface area contributed by atoms with Crippen molar-refractivity contribution in [2.45, 2.75) is 30.0 Å². The van der Waals surface area contributed by atoms with Crippen molar-refractivity contribution in [2.24, 2.45) is 0 Å². The lowest BCUT2D eigenvalue weighted by Crippen LogP contribution is -2.44. The summed E-state index contributed by atoms with van der Waals surface area (Å²) in [5, 5.41) is 2.00. The minimum absolute atomic E-state index is 0.159. The molecule has 1 heterocycles. The van der Waals surface area contributed by atoms with E-state index in [4.69, 9.17) is 9.47 Å². The summed E-state index contributed by atoms with van der Waals surface area (Å²) in [5.41, 5.74) is 1.24. The van der Waals surface area contributed by atoms with E-state index in [1.807, 2.05) is 0 Å². The maximum atomic E-state index is 13.2. The average molecular weight is 392 g/mol. The smallest absolute Gasteiger partial charge is 0.184 e. The summed E-state index contributed by atoms with van der Waals surface area (Å²) in [6, 6.07) is 2.58.